The van der Waals surface area contributed by atoms with Crippen molar-refractivity contribution in [3.63, 3.8) is 0 Å². The molecule has 0 aliphatic heterocycles. The Balaban J connectivity index is 3.09. The quantitative estimate of drug-likeness (QED) is 0.876. The number of benzene rings is 1. The summed E-state index contributed by atoms with van der Waals surface area (Å²) in [7, 11) is 0. The minimum Gasteiger partial charge on any atom is -0.391 e. The van der Waals surface area contributed by atoms with E-state index in [-0.39, 0.29) is 11.7 Å². The number of hydrogen-bond acceptors (Lipinski definition) is 3. The molecule has 0 saturated carbocycles. The number of aliphatic hydroxyl groups is 1. The molecule has 0 bridgehead atoms. The minimum absolute atomic E-state index is 0.217. The minimum atomic E-state index is -4.57. The van der Waals surface area contributed by atoms with Crippen LogP contribution in [0.5, 0.6) is 0 Å². The van der Waals surface area contributed by atoms with Crippen LogP contribution in [-0.2, 0) is 6.18 Å². The van der Waals surface area contributed by atoms with E-state index < -0.39 is 23.4 Å². The molecule has 0 saturated heterocycles. The highest BCUT2D eigenvalue weighted by molar-refractivity contribution is 5.53. The molecule has 2 unspecified atom stereocenters. The van der Waals surface area contributed by atoms with E-state index in [1.807, 2.05) is 0 Å². The zero-order valence-electron chi connectivity index (χ0n) is 9.92. The summed E-state index contributed by atoms with van der Waals surface area (Å²) in [5.74, 6) is 0. The standard InChI is InChI=1S/C12H13F3N2O/c1-7(8(2)18)17-10-4-3-9(6-16)11(5-10)12(13,14)15/h3-5,7-8,17-18H,1-2H3. The van der Waals surface area contributed by atoms with Gasteiger partial charge in [0.2, 0.25) is 0 Å². The van der Waals surface area contributed by atoms with E-state index in [1.165, 1.54) is 19.1 Å². The number of nitrogens with zero attached hydrogens (tertiary/aromatic N) is 1. The third-order valence-electron chi connectivity index (χ3n) is 2.56. The van der Waals surface area contributed by atoms with Gasteiger partial charge in [0.05, 0.1) is 23.3 Å². The fraction of sp³-hybridized carbons (Fsp3) is 0.417. The van der Waals surface area contributed by atoms with E-state index in [9.17, 15) is 18.3 Å². The second kappa shape index (κ2) is 5.27. The van der Waals surface area contributed by atoms with Crippen molar-refractivity contribution in [1.29, 1.82) is 5.26 Å². The molecule has 98 valence electrons. The van der Waals surface area contributed by atoms with Crippen molar-refractivity contribution >= 4 is 5.69 Å². The number of rotatable bonds is 3. The van der Waals surface area contributed by atoms with Gasteiger partial charge >= 0.3 is 6.18 Å². The van der Waals surface area contributed by atoms with Gasteiger partial charge in [-0.1, -0.05) is 0 Å². The Labute approximate surface area is 103 Å². The lowest BCUT2D eigenvalue weighted by molar-refractivity contribution is -0.137. The molecule has 0 radical (unpaired) electrons. The van der Waals surface area contributed by atoms with Crippen LogP contribution < -0.4 is 5.32 Å². The Hall–Kier alpha value is -1.74. The van der Waals surface area contributed by atoms with Crippen LogP contribution >= 0.6 is 0 Å². The highest BCUT2D eigenvalue weighted by Gasteiger charge is 2.33. The molecule has 0 aromatic heterocycles. The van der Waals surface area contributed by atoms with Crippen molar-refractivity contribution < 1.29 is 18.3 Å². The normalized spacial score (nSPS) is 14.7. The zero-order valence-corrected chi connectivity index (χ0v) is 9.92. The largest absolute Gasteiger partial charge is 0.417 e. The van der Waals surface area contributed by atoms with Crippen LogP contribution in [0, 0.1) is 11.3 Å². The molecule has 0 heterocycles. The summed E-state index contributed by atoms with van der Waals surface area (Å²) in [6.45, 7) is 3.18. The van der Waals surface area contributed by atoms with E-state index in [0.29, 0.717) is 0 Å². The number of hydrogen-bond donors (Lipinski definition) is 2. The summed E-state index contributed by atoms with van der Waals surface area (Å²) in [4.78, 5) is 0. The van der Waals surface area contributed by atoms with Crippen molar-refractivity contribution in [3.8, 4) is 6.07 Å². The molecule has 1 rings (SSSR count). The maximum atomic E-state index is 12.7. The summed E-state index contributed by atoms with van der Waals surface area (Å²) in [6.07, 6.45) is -5.27. The van der Waals surface area contributed by atoms with Gasteiger partial charge in [-0.05, 0) is 32.0 Å². The Kier molecular flexibility index (Phi) is 4.19. The number of halogens is 3. The summed E-state index contributed by atoms with van der Waals surface area (Å²) >= 11 is 0. The highest BCUT2D eigenvalue weighted by atomic mass is 19.4. The molecule has 3 nitrogen and oxygen atoms in total. The third-order valence-corrected chi connectivity index (χ3v) is 2.56. The Bertz CT molecular complexity index is 463. The molecule has 0 aliphatic rings. The number of alkyl halides is 3. The molecule has 0 amide bonds. The predicted molar refractivity (Wildman–Crippen MR) is 60.9 cm³/mol. The Morgan fingerprint density at radius 2 is 1.94 bits per heavy atom. The first-order valence-corrected chi connectivity index (χ1v) is 5.31. The van der Waals surface area contributed by atoms with Crippen LogP contribution in [-0.4, -0.2) is 17.3 Å². The lowest BCUT2D eigenvalue weighted by Crippen LogP contribution is -2.28. The molecule has 0 fully saturated rings. The van der Waals surface area contributed by atoms with Crippen LogP contribution in [0.15, 0.2) is 18.2 Å². The van der Waals surface area contributed by atoms with Crippen molar-refractivity contribution in [1.82, 2.24) is 0 Å². The second-order valence-electron chi connectivity index (χ2n) is 4.04. The average molecular weight is 258 g/mol. The Morgan fingerprint density at radius 1 is 1.33 bits per heavy atom. The lowest BCUT2D eigenvalue weighted by Gasteiger charge is -2.19. The molecule has 2 atom stereocenters. The predicted octanol–water partition coefficient (Wildman–Crippen LogP) is 2.76. The van der Waals surface area contributed by atoms with Gasteiger partial charge in [0.1, 0.15) is 0 Å². The van der Waals surface area contributed by atoms with Crippen molar-refractivity contribution in [3.05, 3.63) is 29.3 Å². The number of anilines is 1. The van der Waals surface area contributed by atoms with Gasteiger partial charge in [0, 0.05) is 11.7 Å². The first kappa shape index (κ1) is 14.3. The monoisotopic (exact) mass is 258 g/mol. The lowest BCUT2D eigenvalue weighted by atomic mass is 10.1. The maximum absolute atomic E-state index is 12.7. The molecule has 6 heteroatoms. The molecular weight excluding hydrogens is 245 g/mol. The SMILES string of the molecule is CC(O)C(C)Nc1ccc(C#N)c(C(F)(F)F)c1. The van der Waals surface area contributed by atoms with E-state index >= 15 is 0 Å². The number of nitrogens with one attached hydrogen (secondary N) is 1. The van der Waals surface area contributed by atoms with Gasteiger partial charge in [0.15, 0.2) is 0 Å². The van der Waals surface area contributed by atoms with Crippen molar-refractivity contribution in [2.45, 2.75) is 32.2 Å². The molecule has 1 aromatic carbocycles. The second-order valence-corrected chi connectivity index (χ2v) is 4.04. The van der Waals surface area contributed by atoms with Crippen LogP contribution in [0.3, 0.4) is 0 Å². The van der Waals surface area contributed by atoms with Gasteiger partial charge in [-0.3, -0.25) is 0 Å². The van der Waals surface area contributed by atoms with Crippen LogP contribution in [0.25, 0.3) is 0 Å². The summed E-state index contributed by atoms with van der Waals surface area (Å²) < 4.78 is 38.0. The van der Waals surface area contributed by atoms with Crippen LogP contribution in [0.1, 0.15) is 25.0 Å². The number of aliphatic hydroxyl groups excluding tert-OH is 1. The van der Waals surface area contributed by atoms with Gasteiger partial charge in [0.25, 0.3) is 0 Å². The smallest absolute Gasteiger partial charge is 0.391 e. The third kappa shape index (κ3) is 3.37. The van der Waals surface area contributed by atoms with Gasteiger partial charge < -0.3 is 10.4 Å². The fourth-order valence-corrected chi connectivity index (χ4v) is 1.35. The molecule has 0 aliphatic carbocycles. The maximum Gasteiger partial charge on any atom is 0.417 e. The summed E-state index contributed by atoms with van der Waals surface area (Å²) in [5, 5.41) is 20.7. The van der Waals surface area contributed by atoms with Crippen molar-refractivity contribution in [2.24, 2.45) is 0 Å². The highest BCUT2D eigenvalue weighted by Crippen LogP contribution is 2.33. The van der Waals surface area contributed by atoms with E-state index in [0.717, 1.165) is 12.1 Å². The summed E-state index contributed by atoms with van der Waals surface area (Å²) in [5.41, 5.74) is -1.18. The molecule has 18 heavy (non-hydrogen) atoms. The molecule has 1 aromatic rings. The Morgan fingerprint density at radius 3 is 2.39 bits per heavy atom. The van der Waals surface area contributed by atoms with Crippen LogP contribution in [0.4, 0.5) is 18.9 Å². The van der Waals surface area contributed by atoms with Gasteiger partial charge in [-0.25, -0.2) is 0 Å². The van der Waals surface area contributed by atoms with E-state index in [2.05, 4.69) is 5.32 Å². The fourth-order valence-electron chi connectivity index (χ4n) is 1.35. The average Bonchev–Trinajstić information content (AvgIpc) is 2.27. The van der Waals surface area contributed by atoms with E-state index in [1.54, 1.807) is 6.92 Å². The van der Waals surface area contributed by atoms with Crippen molar-refractivity contribution in [2.75, 3.05) is 5.32 Å². The van der Waals surface area contributed by atoms with Gasteiger partial charge in [-0.15, -0.1) is 0 Å². The van der Waals surface area contributed by atoms with E-state index in [4.69, 9.17) is 5.26 Å². The van der Waals surface area contributed by atoms with Gasteiger partial charge in [-0.2, -0.15) is 18.4 Å². The zero-order chi connectivity index (χ0) is 13.9. The first-order chi connectivity index (χ1) is 8.25. The molecule has 0 spiro atoms. The molecule has 2 N–H and O–H groups in total. The van der Waals surface area contributed by atoms with Crippen LogP contribution in [0.2, 0.25) is 0 Å². The number of nitriles is 1. The topological polar surface area (TPSA) is 56.0 Å². The first-order valence-electron chi connectivity index (χ1n) is 5.31. The molecular formula is C12H13F3N2O. The summed E-state index contributed by atoms with van der Waals surface area (Å²) in [6, 6.07) is 4.48.